The predicted molar refractivity (Wildman–Crippen MR) is 69.3 cm³/mol. The maximum atomic E-state index is 11.7. The van der Waals surface area contributed by atoms with E-state index >= 15 is 0 Å². The molecule has 1 N–H and O–H groups in total. The molecule has 1 aliphatic rings. The highest BCUT2D eigenvalue weighted by molar-refractivity contribution is 6.20. The van der Waals surface area contributed by atoms with Crippen molar-refractivity contribution in [2.75, 3.05) is 6.54 Å². The van der Waals surface area contributed by atoms with Crippen molar-refractivity contribution in [1.29, 1.82) is 0 Å². The van der Waals surface area contributed by atoms with Crippen molar-refractivity contribution < 1.29 is 14.1 Å². The Bertz CT molecular complexity index is 466. The summed E-state index contributed by atoms with van der Waals surface area (Å²) in [6.45, 7) is 0.553. The molecule has 0 aromatic carbocycles. The molecule has 1 aromatic rings. The van der Waals surface area contributed by atoms with Gasteiger partial charge in [0.2, 0.25) is 0 Å². The number of hydrogen-bond donors (Lipinski definition) is 1. The van der Waals surface area contributed by atoms with Gasteiger partial charge in [-0.1, -0.05) is 0 Å². The van der Waals surface area contributed by atoms with Crippen LogP contribution in [0.25, 0.3) is 0 Å². The molecule has 0 saturated heterocycles. The van der Waals surface area contributed by atoms with Crippen LogP contribution in [0.5, 0.6) is 0 Å². The van der Waals surface area contributed by atoms with Crippen molar-refractivity contribution in [3.05, 3.63) is 28.0 Å². The van der Waals surface area contributed by atoms with E-state index in [-0.39, 0.29) is 11.1 Å². The molecule has 6 nitrogen and oxygen atoms in total. The average Bonchev–Trinajstić information content (AvgIpc) is 2.87. The number of nitrogens with zero attached hydrogens (tertiary/aromatic N) is 1. The van der Waals surface area contributed by atoms with Gasteiger partial charge in [-0.2, -0.15) is 0 Å². The van der Waals surface area contributed by atoms with Gasteiger partial charge in [0.15, 0.2) is 5.76 Å². The number of amides is 1. The van der Waals surface area contributed by atoms with E-state index in [2.05, 4.69) is 5.32 Å². The molecule has 0 atom stereocenters. The maximum absolute atomic E-state index is 11.7. The lowest BCUT2D eigenvalue weighted by molar-refractivity contribution is -0.402. The van der Waals surface area contributed by atoms with Crippen LogP contribution in [0, 0.1) is 16.0 Å². The summed E-state index contributed by atoms with van der Waals surface area (Å²) >= 11 is 6.01. The van der Waals surface area contributed by atoms with Crippen LogP contribution in [0.4, 0.5) is 5.88 Å². The van der Waals surface area contributed by atoms with Gasteiger partial charge in [0.1, 0.15) is 4.92 Å². The molecule has 104 valence electrons. The lowest BCUT2D eigenvalue weighted by atomic mass is 9.89. The second kappa shape index (κ2) is 6.06. The van der Waals surface area contributed by atoms with E-state index in [0.717, 1.165) is 25.7 Å². The highest BCUT2D eigenvalue weighted by Gasteiger charge is 2.21. The molecule has 7 heteroatoms. The highest BCUT2D eigenvalue weighted by Crippen LogP contribution is 2.27. The number of carbonyl (C=O) groups is 1. The molecule has 2 rings (SSSR count). The van der Waals surface area contributed by atoms with Gasteiger partial charge in [0, 0.05) is 11.9 Å². The van der Waals surface area contributed by atoms with E-state index < -0.39 is 16.7 Å². The van der Waals surface area contributed by atoms with Crippen molar-refractivity contribution in [3.63, 3.8) is 0 Å². The molecule has 0 aliphatic heterocycles. The average molecular weight is 287 g/mol. The third kappa shape index (κ3) is 3.70. The third-order valence-corrected chi connectivity index (χ3v) is 3.76. The summed E-state index contributed by atoms with van der Waals surface area (Å²) in [5, 5.41) is 13.4. The van der Waals surface area contributed by atoms with E-state index in [9.17, 15) is 14.9 Å². The van der Waals surface area contributed by atoms with Crippen molar-refractivity contribution in [2.45, 2.75) is 31.1 Å². The van der Waals surface area contributed by atoms with Crippen LogP contribution >= 0.6 is 11.6 Å². The van der Waals surface area contributed by atoms with Crippen molar-refractivity contribution in [1.82, 2.24) is 5.32 Å². The summed E-state index contributed by atoms with van der Waals surface area (Å²) in [6, 6.07) is 2.48. The summed E-state index contributed by atoms with van der Waals surface area (Å²) in [6.07, 6.45) is 3.92. The fraction of sp³-hybridized carbons (Fsp3) is 0.583. The first-order chi connectivity index (χ1) is 9.06. The Labute approximate surface area is 115 Å². The maximum Gasteiger partial charge on any atom is 0.433 e. The SMILES string of the molecule is O=C(NCC1CCC(Cl)CC1)c1ccc([N+](=O)[O-])o1. The summed E-state index contributed by atoms with van der Waals surface area (Å²) in [5.74, 6) is -0.449. The van der Waals surface area contributed by atoms with Crippen molar-refractivity contribution >= 4 is 23.4 Å². The van der Waals surface area contributed by atoms with Crippen LogP contribution < -0.4 is 5.32 Å². The molecule has 1 heterocycles. The minimum absolute atomic E-state index is 0.0299. The third-order valence-electron chi connectivity index (χ3n) is 3.32. The standard InChI is InChI=1S/C12H15ClN2O4/c13-9-3-1-8(2-4-9)7-14-12(16)10-5-6-11(19-10)15(17)18/h5-6,8-9H,1-4,7H2,(H,14,16). The van der Waals surface area contributed by atoms with E-state index in [1.807, 2.05) is 0 Å². The van der Waals surface area contributed by atoms with Gasteiger partial charge in [-0.05, 0) is 37.7 Å². The first-order valence-corrected chi connectivity index (χ1v) is 6.66. The summed E-state index contributed by atoms with van der Waals surface area (Å²) in [5.41, 5.74) is 0. The van der Waals surface area contributed by atoms with Crippen LogP contribution in [0.2, 0.25) is 0 Å². The number of nitrogens with one attached hydrogen (secondary N) is 1. The smallest absolute Gasteiger partial charge is 0.395 e. The molecule has 1 fully saturated rings. The zero-order chi connectivity index (χ0) is 13.8. The zero-order valence-electron chi connectivity index (χ0n) is 10.3. The fourth-order valence-corrected chi connectivity index (χ4v) is 2.45. The predicted octanol–water partition coefficient (Wildman–Crippen LogP) is 2.72. The molecular formula is C12H15ClN2O4. The first-order valence-electron chi connectivity index (χ1n) is 6.22. The number of halogens is 1. The normalized spacial score (nSPS) is 23.0. The topological polar surface area (TPSA) is 85.4 Å². The van der Waals surface area contributed by atoms with Gasteiger partial charge in [0.05, 0.1) is 6.07 Å². The first kappa shape index (κ1) is 13.9. The number of furan rings is 1. The Balaban J connectivity index is 1.82. The van der Waals surface area contributed by atoms with Crippen LogP contribution in [0.15, 0.2) is 16.5 Å². The Morgan fingerprint density at radius 3 is 2.68 bits per heavy atom. The van der Waals surface area contributed by atoms with E-state index in [1.165, 1.54) is 12.1 Å². The Morgan fingerprint density at radius 2 is 2.11 bits per heavy atom. The van der Waals surface area contributed by atoms with Crippen LogP contribution in [-0.2, 0) is 0 Å². The van der Waals surface area contributed by atoms with Gasteiger partial charge in [-0.3, -0.25) is 14.9 Å². The number of nitro groups is 1. The minimum atomic E-state index is -0.668. The zero-order valence-corrected chi connectivity index (χ0v) is 11.1. The summed E-state index contributed by atoms with van der Waals surface area (Å²) in [7, 11) is 0. The second-order valence-electron chi connectivity index (χ2n) is 4.72. The number of carbonyl (C=O) groups excluding carboxylic acids is 1. The number of alkyl halides is 1. The van der Waals surface area contributed by atoms with Crippen LogP contribution in [0.3, 0.4) is 0 Å². The van der Waals surface area contributed by atoms with Gasteiger partial charge in [-0.15, -0.1) is 11.6 Å². The van der Waals surface area contributed by atoms with Gasteiger partial charge in [-0.25, -0.2) is 0 Å². The molecule has 0 radical (unpaired) electrons. The summed E-state index contributed by atoms with van der Waals surface area (Å²) in [4.78, 5) is 21.5. The van der Waals surface area contributed by atoms with Gasteiger partial charge < -0.3 is 9.73 Å². The number of hydrogen-bond acceptors (Lipinski definition) is 4. The quantitative estimate of drug-likeness (QED) is 0.524. The molecule has 0 bridgehead atoms. The monoisotopic (exact) mass is 286 g/mol. The lowest BCUT2D eigenvalue weighted by Crippen LogP contribution is -2.31. The molecule has 1 saturated carbocycles. The van der Waals surface area contributed by atoms with E-state index in [4.69, 9.17) is 16.0 Å². The van der Waals surface area contributed by atoms with E-state index in [1.54, 1.807) is 0 Å². The van der Waals surface area contributed by atoms with Crippen molar-refractivity contribution in [3.8, 4) is 0 Å². The van der Waals surface area contributed by atoms with Crippen LogP contribution in [0.1, 0.15) is 36.2 Å². The summed E-state index contributed by atoms with van der Waals surface area (Å²) < 4.78 is 4.83. The highest BCUT2D eigenvalue weighted by atomic mass is 35.5. The Morgan fingerprint density at radius 1 is 1.42 bits per heavy atom. The molecule has 1 aromatic heterocycles. The minimum Gasteiger partial charge on any atom is -0.395 e. The lowest BCUT2D eigenvalue weighted by Gasteiger charge is -2.24. The fourth-order valence-electron chi connectivity index (χ4n) is 2.20. The molecular weight excluding hydrogens is 272 g/mol. The molecule has 19 heavy (non-hydrogen) atoms. The van der Waals surface area contributed by atoms with E-state index in [0.29, 0.717) is 12.5 Å². The largest absolute Gasteiger partial charge is 0.433 e. The molecule has 0 spiro atoms. The molecule has 1 aliphatic carbocycles. The van der Waals surface area contributed by atoms with Gasteiger partial charge in [0.25, 0.3) is 5.91 Å². The number of rotatable bonds is 4. The van der Waals surface area contributed by atoms with Crippen molar-refractivity contribution in [2.24, 2.45) is 5.92 Å². The van der Waals surface area contributed by atoms with Crippen LogP contribution in [-0.4, -0.2) is 22.8 Å². The molecule has 0 unspecified atom stereocenters. The molecule has 1 amide bonds. The Kier molecular flexibility index (Phi) is 4.42. The Hall–Kier alpha value is -1.56. The van der Waals surface area contributed by atoms with Gasteiger partial charge >= 0.3 is 5.88 Å². The second-order valence-corrected chi connectivity index (χ2v) is 5.34.